The Morgan fingerprint density at radius 2 is 1.97 bits per heavy atom. The van der Waals surface area contributed by atoms with Gasteiger partial charge in [0.25, 0.3) is 0 Å². The Labute approximate surface area is 211 Å². The van der Waals surface area contributed by atoms with Crippen LogP contribution in [0.4, 0.5) is 4.39 Å². The second kappa shape index (κ2) is 8.98. The number of allylic oxidation sites excluding steroid dienone is 8. The Kier molecular flexibility index (Phi) is 5.96. The lowest BCUT2D eigenvalue weighted by Crippen LogP contribution is -2.45. The Morgan fingerprint density at radius 1 is 1.22 bits per heavy atom. The average Bonchev–Trinajstić information content (AvgIpc) is 2.90. The molecule has 0 amide bonds. The molecule has 1 aromatic heterocycles. The summed E-state index contributed by atoms with van der Waals surface area (Å²) in [5.74, 6) is 0.330. The first-order chi connectivity index (χ1) is 17.3. The summed E-state index contributed by atoms with van der Waals surface area (Å²) in [5.41, 5.74) is 5.34. The van der Waals surface area contributed by atoms with E-state index in [9.17, 15) is 10.4 Å². The van der Waals surface area contributed by atoms with Crippen LogP contribution in [0.5, 0.6) is 0 Å². The predicted octanol–water partition coefficient (Wildman–Crippen LogP) is 6.45. The molecule has 3 aliphatic carbocycles. The van der Waals surface area contributed by atoms with Crippen LogP contribution in [0.1, 0.15) is 50.7 Å². The molecule has 0 bridgehead atoms. The third-order valence-corrected chi connectivity index (χ3v) is 8.11. The van der Waals surface area contributed by atoms with E-state index >= 15 is 4.39 Å². The average molecular weight is 481 g/mol. The number of hydrogen-bond donors (Lipinski definition) is 1. The lowest BCUT2D eigenvalue weighted by Gasteiger charge is -2.48. The number of rotatable bonds is 2. The number of benzene rings is 1. The van der Waals surface area contributed by atoms with Crippen molar-refractivity contribution in [3.8, 4) is 17.3 Å². The molecule has 0 saturated carbocycles. The summed E-state index contributed by atoms with van der Waals surface area (Å²) < 4.78 is 15.1. The van der Waals surface area contributed by atoms with E-state index in [1.807, 2.05) is 44.2 Å². The Bertz CT molecular complexity index is 1460. The van der Waals surface area contributed by atoms with Crippen molar-refractivity contribution in [1.29, 1.82) is 5.26 Å². The summed E-state index contributed by atoms with van der Waals surface area (Å²) >= 11 is 0. The van der Waals surface area contributed by atoms with E-state index in [0.717, 1.165) is 34.5 Å². The van der Waals surface area contributed by atoms with Gasteiger partial charge in [0.05, 0.1) is 28.7 Å². The molecular formula is C30H29FN4O. The standard InChI is InChI=1S/C30H29FN4O/c1-17(20-9-6-8-12-25(20)33-4)29-34-26(21-10-5-7-11-24(21)31)22-13-14-23-18(2)27(36)19(16-32)15-30(23,3)28(22)35-29/h5-12,18,23,36H,13-15H2,1-4H3/b20-17+,33-25-/t18-,23-,30-/m1/s1. The minimum absolute atomic E-state index is 0.108. The smallest absolute Gasteiger partial charge is 0.156 e. The van der Waals surface area contributed by atoms with Gasteiger partial charge < -0.3 is 5.11 Å². The number of aliphatic hydroxyl groups excluding tert-OH is 1. The van der Waals surface area contributed by atoms with E-state index in [1.165, 1.54) is 6.07 Å². The van der Waals surface area contributed by atoms with E-state index in [0.29, 0.717) is 35.5 Å². The van der Waals surface area contributed by atoms with Gasteiger partial charge in [-0.15, -0.1) is 0 Å². The molecule has 0 saturated heterocycles. The molecule has 1 aromatic carbocycles. The summed E-state index contributed by atoms with van der Waals surface area (Å²) in [5, 5.41) is 20.5. The highest BCUT2D eigenvalue weighted by atomic mass is 19.1. The number of hydrogen-bond acceptors (Lipinski definition) is 5. The van der Waals surface area contributed by atoms with Crippen LogP contribution in [0.25, 0.3) is 16.8 Å². The SMILES string of the molecule is C/N=C1/C=CC=C/C1=C(/C)c1nc(-c2ccccc2F)c2c(n1)[C@]1(C)CC(C#N)=C(O)[C@H](C)[C@H]1CC2. The Hall–Kier alpha value is -3.85. The maximum atomic E-state index is 15.1. The molecule has 0 unspecified atom stereocenters. The van der Waals surface area contributed by atoms with E-state index in [1.54, 1.807) is 19.2 Å². The van der Waals surface area contributed by atoms with Gasteiger partial charge in [-0.05, 0) is 50.3 Å². The number of aliphatic imine (C=N–C) groups is 1. The first-order valence-corrected chi connectivity index (χ1v) is 12.3. The molecule has 1 heterocycles. The highest BCUT2D eigenvalue weighted by Gasteiger charge is 2.50. The van der Waals surface area contributed by atoms with Crippen molar-refractivity contribution in [3.05, 3.63) is 88.4 Å². The maximum absolute atomic E-state index is 15.1. The zero-order valence-corrected chi connectivity index (χ0v) is 21.0. The highest BCUT2D eigenvalue weighted by Crippen LogP contribution is 2.54. The van der Waals surface area contributed by atoms with Gasteiger partial charge >= 0.3 is 0 Å². The number of halogens is 1. The number of nitriles is 1. The van der Waals surface area contributed by atoms with Crippen LogP contribution < -0.4 is 0 Å². The van der Waals surface area contributed by atoms with Crippen molar-refractivity contribution < 1.29 is 9.50 Å². The first kappa shape index (κ1) is 23.9. The van der Waals surface area contributed by atoms with E-state index < -0.39 is 5.41 Å². The molecule has 5 rings (SSSR count). The van der Waals surface area contributed by atoms with Gasteiger partial charge in [0.2, 0.25) is 0 Å². The summed E-state index contributed by atoms with van der Waals surface area (Å²) in [7, 11) is 1.75. The summed E-state index contributed by atoms with van der Waals surface area (Å²) in [6, 6.07) is 8.93. The maximum Gasteiger partial charge on any atom is 0.156 e. The van der Waals surface area contributed by atoms with E-state index in [2.05, 4.69) is 18.0 Å². The molecule has 0 radical (unpaired) electrons. The van der Waals surface area contributed by atoms with Crippen molar-refractivity contribution in [2.75, 3.05) is 7.05 Å². The van der Waals surface area contributed by atoms with E-state index in [-0.39, 0.29) is 23.4 Å². The third kappa shape index (κ3) is 3.62. The quantitative estimate of drug-likeness (QED) is 0.536. The molecule has 2 aromatic rings. The zero-order valence-electron chi connectivity index (χ0n) is 21.0. The van der Waals surface area contributed by atoms with Crippen molar-refractivity contribution in [2.45, 2.75) is 45.4 Å². The molecule has 5 nitrogen and oxygen atoms in total. The lowest BCUT2D eigenvalue weighted by atomic mass is 9.56. The van der Waals surface area contributed by atoms with Crippen molar-refractivity contribution in [1.82, 2.24) is 9.97 Å². The summed E-state index contributed by atoms with van der Waals surface area (Å²) in [6.07, 6.45) is 9.71. The lowest BCUT2D eigenvalue weighted by molar-refractivity contribution is 0.135. The van der Waals surface area contributed by atoms with Gasteiger partial charge in [0, 0.05) is 40.7 Å². The highest BCUT2D eigenvalue weighted by molar-refractivity contribution is 6.15. The predicted molar refractivity (Wildman–Crippen MR) is 140 cm³/mol. The fraction of sp³-hybridized carbons (Fsp3) is 0.333. The van der Waals surface area contributed by atoms with Gasteiger partial charge in [-0.1, -0.05) is 44.2 Å². The Morgan fingerprint density at radius 3 is 2.69 bits per heavy atom. The Balaban J connectivity index is 1.81. The van der Waals surface area contributed by atoms with Gasteiger partial charge in [0.1, 0.15) is 11.6 Å². The molecule has 6 heteroatoms. The number of aliphatic hydroxyl groups is 1. The van der Waals surface area contributed by atoms with Gasteiger partial charge in [-0.3, -0.25) is 4.99 Å². The van der Waals surface area contributed by atoms with Crippen LogP contribution in [0.15, 0.2) is 70.5 Å². The van der Waals surface area contributed by atoms with Gasteiger partial charge in [0.15, 0.2) is 5.82 Å². The van der Waals surface area contributed by atoms with Crippen LogP contribution in [0.3, 0.4) is 0 Å². The fourth-order valence-corrected chi connectivity index (χ4v) is 6.17. The second-order valence-electron chi connectivity index (χ2n) is 10.1. The number of fused-ring (bicyclic) bond motifs is 3. The fourth-order valence-electron chi connectivity index (χ4n) is 6.17. The van der Waals surface area contributed by atoms with Gasteiger partial charge in [-0.25, -0.2) is 14.4 Å². The molecule has 0 aliphatic heterocycles. The van der Waals surface area contributed by atoms with Crippen molar-refractivity contribution >= 4 is 11.3 Å². The zero-order chi connectivity index (χ0) is 25.6. The molecule has 1 N–H and O–H groups in total. The second-order valence-corrected chi connectivity index (χ2v) is 10.1. The van der Waals surface area contributed by atoms with Crippen molar-refractivity contribution in [3.63, 3.8) is 0 Å². The minimum Gasteiger partial charge on any atom is -0.511 e. The normalized spacial score (nSPS) is 27.5. The van der Waals surface area contributed by atoms with Crippen LogP contribution in [-0.4, -0.2) is 27.8 Å². The molecule has 36 heavy (non-hydrogen) atoms. The van der Waals surface area contributed by atoms with E-state index in [4.69, 9.17) is 9.97 Å². The van der Waals surface area contributed by atoms with Crippen LogP contribution in [0, 0.1) is 29.0 Å². The van der Waals surface area contributed by atoms with Gasteiger partial charge in [-0.2, -0.15) is 5.26 Å². The molecule has 0 spiro atoms. The number of aromatic nitrogens is 2. The number of nitrogens with zero attached hydrogens (tertiary/aromatic N) is 4. The summed E-state index contributed by atoms with van der Waals surface area (Å²) in [4.78, 5) is 14.5. The largest absolute Gasteiger partial charge is 0.511 e. The third-order valence-electron chi connectivity index (χ3n) is 8.11. The van der Waals surface area contributed by atoms with Crippen LogP contribution in [-0.2, 0) is 11.8 Å². The van der Waals surface area contributed by atoms with Crippen molar-refractivity contribution in [2.24, 2.45) is 16.8 Å². The topological polar surface area (TPSA) is 82.2 Å². The first-order valence-electron chi connectivity index (χ1n) is 12.3. The summed E-state index contributed by atoms with van der Waals surface area (Å²) in [6.45, 7) is 6.08. The molecule has 3 aliphatic rings. The molecule has 3 atom stereocenters. The molecule has 182 valence electrons. The monoisotopic (exact) mass is 480 g/mol. The van der Waals surface area contributed by atoms with Crippen LogP contribution in [0.2, 0.25) is 0 Å². The molecule has 0 fully saturated rings. The minimum atomic E-state index is -0.489. The molecular weight excluding hydrogens is 451 g/mol. The van der Waals surface area contributed by atoms with Crippen LogP contribution >= 0.6 is 0 Å².